The van der Waals surface area contributed by atoms with E-state index in [1.165, 1.54) is 7.11 Å². The van der Waals surface area contributed by atoms with Gasteiger partial charge in [0, 0.05) is 17.6 Å². The Hall–Kier alpha value is -2.44. The predicted molar refractivity (Wildman–Crippen MR) is 77.0 cm³/mol. The number of ether oxygens (including phenoxy) is 2. The van der Waals surface area contributed by atoms with Crippen LogP contribution in [0.25, 0.3) is 0 Å². The van der Waals surface area contributed by atoms with Crippen LogP contribution in [0.2, 0.25) is 5.02 Å². The smallest absolute Gasteiger partial charge is 0.390 e. The number of rotatable bonds is 2. The van der Waals surface area contributed by atoms with Crippen molar-refractivity contribution in [2.24, 2.45) is 0 Å². The van der Waals surface area contributed by atoms with Crippen LogP contribution in [0.4, 0.5) is 0 Å². The van der Waals surface area contributed by atoms with Crippen LogP contribution in [0.15, 0.2) is 48.5 Å². The molecule has 3 nitrogen and oxygen atoms in total. The summed E-state index contributed by atoms with van der Waals surface area (Å²) in [7, 11) is 1.53. The molecule has 0 radical (unpaired) electrons. The fraction of sp³-hybridized carbons (Fsp3) is 0.0625. The molecule has 4 heteroatoms. The van der Waals surface area contributed by atoms with Gasteiger partial charge in [-0.25, -0.2) is 4.79 Å². The van der Waals surface area contributed by atoms with Gasteiger partial charge in [0.25, 0.3) is 0 Å². The molecule has 0 aliphatic heterocycles. The molecular weight excluding hydrogens is 276 g/mol. The van der Waals surface area contributed by atoms with Crippen molar-refractivity contribution < 1.29 is 14.3 Å². The summed E-state index contributed by atoms with van der Waals surface area (Å²) in [5.74, 6) is 5.29. The van der Waals surface area contributed by atoms with E-state index >= 15 is 0 Å². The number of benzene rings is 2. The molecule has 100 valence electrons. The molecule has 0 unspecified atom stereocenters. The second-order valence-corrected chi connectivity index (χ2v) is 4.21. The Balaban J connectivity index is 2.07. The zero-order valence-electron chi connectivity index (χ0n) is 10.7. The zero-order valence-corrected chi connectivity index (χ0v) is 11.5. The van der Waals surface area contributed by atoms with Crippen LogP contribution < -0.4 is 9.47 Å². The van der Waals surface area contributed by atoms with Crippen LogP contribution >= 0.6 is 11.6 Å². The van der Waals surface area contributed by atoms with Crippen molar-refractivity contribution in [1.82, 2.24) is 0 Å². The van der Waals surface area contributed by atoms with Gasteiger partial charge in [0.2, 0.25) is 0 Å². The standard InChI is InChI=1S/C16H11ClO3/c1-19-13-8-9-15(14(17)11-13)20-16(18)10-7-12-5-3-2-4-6-12/h2-6,8-9,11H,1H3. The molecule has 0 aromatic heterocycles. The fourth-order valence-corrected chi connectivity index (χ4v) is 1.67. The Labute approximate surface area is 122 Å². The van der Waals surface area contributed by atoms with Crippen LogP contribution in [-0.2, 0) is 4.79 Å². The first kappa shape index (κ1) is 14.0. The van der Waals surface area contributed by atoms with Crippen molar-refractivity contribution in [3.05, 3.63) is 59.1 Å². The van der Waals surface area contributed by atoms with Crippen LogP contribution in [0.1, 0.15) is 5.56 Å². The normalized spacial score (nSPS) is 9.30. The minimum Gasteiger partial charge on any atom is -0.497 e. The lowest BCUT2D eigenvalue weighted by Crippen LogP contribution is -2.05. The summed E-state index contributed by atoms with van der Waals surface area (Å²) in [4.78, 5) is 11.6. The second-order valence-electron chi connectivity index (χ2n) is 3.80. The van der Waals surface area contributed by atoms with Gasteiger partial charge in [0.05, 0.1) is 12.1 Å². The predicted octanol–water partition coefficient (Wildman–Crippen LogP) is 3.31. The van der Waals surface area contributed by atoms with E-state index in [-0.39, 0.29) is 5.75 Å². The highest BCUT2D eigenvalue weighted by Gasteiger charge is 2.07. The third-order valence-corrected chi connectivity index (χ3v) is 2.72. The van der Waals surface area contributed by atoms with Gasteiger partial charge in [0.15, 0.2) is 5.75 Å². The van der Waals surface area contributed by atoms with Crippen molar-refractivity contribution in [3.8, 4) is 23.3 Å². The molecule has 20 heavy (non-hydrogen) atoms. The number of hydrogen-bond acceptors (Lipinski definition) is 3. The van der Waals surface area contributed by atoms with E-state index in [4.69, 9.17) is 21.1 Å². The quantitative estimate of drug-likeness (QED) is 0.483. The maximum Gasteiger partial charge on any atom is 0.390 e. The second kappa shape index (κ2) is 6.65. The number of hydrogen-bond donors (Lipinski definition) is 0. The van der Waals surface area contributed by atoms with Crippen molar-refractivity contribution in [3.63, 3.8) is 0 Å². The Bertz CT molecular complexity index is 669. The lowest BCUT2D eigenvalue weighted by molar-refractivity contribution is -0.128. The topological polar surface area (TPSA) is 35.5 Å². The lowest BCUT2D eigenvalue weighted by Gasteiger charge is -2.05. The Morgan fingerprint density at radius 3 is 2.55 bits per heavy atom. The highest BCUT2D eigenvalue weighted by atomic mass is 35.5. The molecular formula is C16H11ClO3. The van der Waals surface area contributed by atoms with E-state index < -0.39 is 5.97 Å². The summed E-state index contributed by atoms with van der Waals surface area (Å²) in [5, 5.41) is 0.291. The minimum absolute atomic E-state index is 0.250. The van der Waals surface area contributed by atoms with Crippen LogP contribution in [0.3, 0.4) is 0 Å². The largest absolute Gasteiger partial charge is 0.497 e. The monoisotopic (exact) mass is 286 g/mol. The summed E-state index contributed by atoms with van der Waals surface area (Å²) in [5.41, 5.74) is 0.741. The first-order valence-electron chi connectivity index (χ1n) is 5.81. The molecule has 2 aromatic carbocycles. The lowest BCUT2D eigenvalue weighted by atomic mass is 10.2. The Kier molecular flexibility index (Phi) is 4.65. The summed E-state index contributed by atoms with van der Waals surface area (Å²) < 4.78 is 10.1. The van der Waals surface area contributed by atoms with Crippen LogP contribution in [0.5, 0.6) is 11.5 Å². The van der Waals surface area contributed by atoms with Crippen molar-refractivity contribution in [1.29, 1.82) is 0 Å². The molecule has 0 aliphatic rings. The number of halogens is 1. The van der Waals surface area contributed by atoms with E-state index in [2.05, 4.69) is 11.8 Å². The summed E-state index contributed by atoms with van der Waals surface area (Å²) in [6, 6.07) is 13.9. The number of methoxy groups -OCH3 is 1. The molecule has 0 saturated heterocycles. The first-order chi connectivity index (χ1) is 9.69. The van der Waals surface area contributed by atoms with Gasteiger partial charge < -0.3 is 9.47 Å². The van der Waals surface area contributed by atoms with Crippen molar-refractivity contribution in [2.45, 2.75) is 0 Å². The van der Waals surface area contributed by atoms with Gasteiger partial charge >= 0.3 is 5.97 Å². The van der Waals surface area contributed by atoms with Crippen LogP contribution in [-0.4, -0.2) is 13.1 Å². The molecule has 0 heterocycles. The van der Waals surface area contributed by atoms with Gasteiger partial charge in [-0.3, -0.25) is 0 Å². The number of carbonyl (C=O) groups is 1. The summed E-state index contributed by atoms with van der Waals surface area (Å²) in [6.07, 6.45) is 0. The van der Waals surface area contributed by atoms with Gasteiger partial charge in [-0.05, 0) is 24.3 Å². The summed E-state index contributed by atoms with van der Waals surface area (Å²) >= 11 is 5.96. The molecule has 0 N–H and O–H groups in total. The SMILES string of the molecule is COc1ccc(OC(=O)C#Cc2ccccc2)c(Cl)c1. The first-order valence-corrected chi connectivity index (χ1v) is 6.19. The maximum absolute atomic E-state index is 11.6. The average Bonchev–Trinajstić information content (AvgIpc) is 2.48. The Morgan fingerprint density at radius 1 is 1.15 bits per heavy atom. The van der Waals surface area contributed by atoms with Gasteiger partial charge in [0.1, 0.15) is 5.75 Å². The molecule has 0 aliphatic carbocycles. The molecule has 2 rings (SSSR count). The highest BCUT2D eigenvalue weighted by Crippen LogP contribution is 2.28. The highest BCUT2D eigenvalue weighted by molar-refractivity contribution is 6.32. The van der Waals surface area contributed by atoms with E-state index in [0.29, 0.717) is 10.8 Å². The molecule has 2 aromatic rings. The van der Waals surface area contributed by atoms with E-state index in [1.807, 2.05) is 18.2 Å². The molecule has 0 amide bonds. The van der Waals surface area contributed by atoms with Gasteiger partial charge in [-0.1, -0.05) is 35.7 Å². The van der Waals surface area contributed by atoms with Crippen molar-refractivity contribution >= 4 is 17.6 Å². The van der Waals surface area contributed by atoms with E-state index in [1.54, 1.807) is 30.3 Å². The molecule has 0 fully saturated rings. The van der Waals surface area contributed by atoms with E-state index in [9.17, 15) is 4.79 Å². The number of esters is 1. The number of carbonyl (C=O) groups excluding carboxylic acids is 1. The zero-order chi connectivity index (χ0) is 14.4. The van der Waals surface area contributed by atoms with Crippen molar-refractivity contribution in [2.75, 3.05) is 7.11 Å². The molecule has 0 atom stereocenters. The van der Waals surface area contributed by atoms with Gasteiger partial charge in [-0.15, -0.1) is 0 Å². The third kappa shape index (κ3) is 3.78. The minimum atomic E-state index is -0.666. The maximum atomic E-state index is 11.6. The Morgan fingerprint density at radius 2 is 1.90 bits per heavy atom. The van der Waals surface area contributed by atoms with E-state index in [0.717, 1.165) is 5.56 Å². The molecule has 0 spiro atoms. The average molecular weight is 287 g/mol. The molecule has 0 saturated carbocycles. The third-order valence-electron chi connectivity index (χ3n) is 2.42. The van der Waals surface area contributed by atoms with Gasteiger partial charge in [-0.2, -0.15) is 0 Å². The fourth-order valence-electron chi connectivity index (χ4n) is 1.46. The summed E-state index contributed by atoms with van der Waals surface area (Å²) in [6.45, 7) is 0. The molecule has 0 bridgehead atoms. The van der Waals surface area contributed by atoms with Crippen LogP contribution in [0, 0.1) is 11.8 Å².